The number of rotatable bonds is 4. The van der Waals surface area contributed by atoms with Crippen LogP contribution < -0.4 is 10.6 Å². The van der Waals surface area contributed by atoms with Gasteiger partial charge in [0, 0.05) is 45.5 Å². The molecule has 0 bridgehead atoms. The number of halogens is 1. The number of hydrogen-bond acceptors (Lipinski definition) is 4. The first-order chi connectivity index (χ1) is 12.2. The standard InChI is InChI=1S/C19H32N6.HI/c1-3-23-10-12-24(13-11-23)18-14-17(4-7-21-18)15-22-19(20)25-8-5-16(2)6-9-25;/h4,7,14,16H,3,5-6,8-13,15H2,1-2H3,(H2,20,22);1H. The van der Waals surface area contributed by atoms with Crippen LogP contribution in [0.4, 0.5) is 5.82 Å². The van der Waals surface area contributed by atoms with E-state index in [-0.39, 0.29) is 24.0 Å². The average molecular weight is 472 g/mol. The topological polar surface area (TPSA) is 61.0 Å². The quantitative estimate of drug-likeness (QED) is 0.415. The molecular formula is C19H33IN6. The highest BCUT2D eigenvalue weighted by Gasteiger charge is 2.18. The number of likely N-dealkylation sites (N-methyl/N-ethyl adjacent to an activating group) is 1. The first-order valence-electron chi connectivity index (χ1n) is 9.62. The number of likely N-dealkylation sites (tertiary alicyclic amines) is 1. The van der Waals surface area contributed by atoms with Crippen LogP contribution >= 0.6 is 24.0 Å². The molecule has 0 atom stereocenters. The summed E-state index contributed by atoms with van der Waals surface area (Å²) in [7, 11) is 0. The summed E-state index contributed by atoms with van der Waals surface area (Å²) >= 11 is 0. The molecule has 3 heterocycles. The number of hydrogen-bond donors (Lipinski definition) is 1. The van der Waals surface area contributed by atoms with Gasteiger partial charge in [-0.05, 0) is 43.0 Å². The highest BCUT2D eigenvalue weighted by Crippen LogP contribution is 2.17. The number of piperazine rings is 1. The summed E-state index contributed by atoms with van der Waals surface area (Å²) in [6.07, 6.45) is 4.31. The Morgan fingerprint density at radius 2 is 1.88 bits per heavy atom. The highest BCUT2D eigenvalue weighted by atomic mass is 127. The summed E-state index contributed by atoms with van der Waals surface area (Å²) in [5, 5.41) is 0. The lowest BCUT2D eigenvalue weighted by Gasteiger charge is -2.34. The maximum atomic E-state index is 6.20. The minimum absolute atomic E-state index is 0. The van der Waals surface area contributed by atoms with Crippen molar-refractivity contribution in [3.8, 4) is 0 Å². The van der Waals surface area contributed by atoms with Gasteiger partial charge < -0.3 is 20.4 Å². The molecule has 0 spiro atoms. The van der Waals surface area contributed by atoms with Crippen LogP contribution in [-0.2, 0) is 6.54 Å². The van der Waals surface area contributed by atoms with Crippen LogP contribution in [0.5, 0.6) is 0 Å². The lowest BCUT2D eigenvalue weighted by Crippen LogP contribution is -2.46. The summed E-state index contributed by atoms with van der Waals surface area (Å²) in [6.45, 7) is 12.7. The SMILES string of the molecule is CCN1CCN(c2cc(CN=C(N)N3CCC(C)CC3)ccn2)CC1.I. The molecular weight excluding hydrogens is 439 g/mol. The second-order valence-electron chi connectivity index (χ2n) is 7.29. The first kappa shape index (κ1) is 21.2. The van der Waals surface area contributed by atoms with Gasteiger partial charge in [0.1, 0.15) is 5.82 Å². The zero-order chi connectivity index (χ0) is 17.6. The van der Waals surface area contributed by atoms with E-state index >= 15 is 0 Å². The minimum Gasteiger partial charge on any atom is -0.370 e. The van der Waals surface area contributed by atoms with Crippen molar-refractivity contribution >= 4 is 35.8 Å². The summed E-state index contributed by atoms with van der Waals surface area (Å²) in [5.41, 5.74) is 7.37. The Morgan fingerprint density at radius 1 is 1.19 bits per heavy atom. The third-order valence-corrected chi connectivity index (χ3v) is 5.48. The van der Waals surface area contributed by atoms with Crippen molar-refractivity contribution in [1.29, 1.82) is 0 Å². The molecule has 2 aliphatic rings. The van der Waals surface area contributed by atoms with Gasteiger partial charge in [-0.15, -0.1) is 24.0 Å². The number of piperidine rings is 1. The molecule has 0 aromatic carbocycles. The molecule has 146 valence electrons. The number of anilines is 1. The molecule has 0 saturated carbocycles. The van der Waals surface area contributed by atoms with Crippen molar-refractivity contribution < 1.29 is 0 Å². The summed E-state index contributed by atoms with van der Waals surface area (Å²) < 4.78 is 0. The molecule has 0 aliphatic carbocycles. The van der Waals surface area contributed by atoms with Crippen LogP contribution in [0.1, 0.15) is 32.3 Å². The molecule has 1 aromatic rings. The molecule has 2 N–H and O–H groups in total. The van der Waals surface area contributed by atoms with Gasteiger partial charge in [0.2, 0.25) is 0 Å². The van der Waals surface area contributed by atoms with E-state index in [0.717, 1.165) is 57.5 Å². The Bertz CT molecular complexity index is 577. The second kappa shape index (κ2) is 10.3. The molecule has 3 rings (SSSR count). The van der Waals surface area contributed by atoms with E-state index in [9.17, 15) is 0 Å². The fraction of sp³-hybridized carbons (Fsp3) is 0.684. The summed E-state index contributed by atoms with van der Waals surface area (Å²) in [6, 6.07) is 4.21. The number of nitrogens with zero attached hydrogens (tertiary/aromatic N) is 5. The van der Waals surface area contributed by atoms with Gasteiger partial charge >= 0.3 is 0 Å². The van der Waals surface area contributed by atoms with Crippen molar-refractivity contribution in [2.45, 2.75) is 33.2 Å². The number of nitrogens with two attached hydrogens (primary N) is 1. The van der Waals surface area contributed by atoms with Crippen molar-refractivity contribution in [2.75, 3.05) is 50.7 Å². The molecule has 1 aromatic heterocycles. The molecule has 0 amide bonds. The molecule has 0 unspecified atom stereocenters. The molecule has 6 nitrogen and oxygen atoms in total. The van der Waals surface area contributed by atoms with E-state index in [0.29, 0.717) is 12.5 Å². The predicted octanol–water partition coefficient (Wildman–Crippen LogP) is 2.39. The maximum Gasteiger partial charge on any atom is 0.191 e. The molecule has 0 radical (unpaired) electrons. The van der Waals surface area contributed by atoms with Crippen molar-refractivity contribution in [3.05, 3.63) is 23.9 Å². The Morgan fingerprint density at radius 3 is 2.54 bits per heavy atom. The average Bonchev–Trinajstić information content (AvgIpc) is 2.67. The monoisotopic (exact) mass is 472 g/mol. The van der Waals surface area contributed by atoms with Crippen LogP contribution in [0.25, 0.3) is 0 Å². The van der Waals surface area contributed by atoms with Gasteiger partial charge in [-0.3, -0.25) is 0 Å². The van der Waals surface area contributed by atoms with Gasteiger partial charge in [0.05, 0.1) is 6.54 Å². The minimum atomic E-state index is 0. The third-order valence-electron chi connectivity index (χ3n) is 5.48. The number of guanidine groups is 1. The zero-order valence-corrected chi connectivity index (χ0v) is 18.4. The fourth-order valence-electron chi connectivity index (χ4n) is 3.54. The maximum absolute atomic E-state index is 6.20. The lowest BCUT2D eigenvalue weighted by molar-refractivity contribution is 0.270. The lowest BCUT2D eigenvalue weighted by atomic mass is 10.00. The van der Waals surface area contributed by atoms with Crippen LogP contribution in [0.2, 0.25) is 0 Å². The van der Waals surface area contributed by atoms with Gasteiger partial charge in [-0.1, -0.05) is 13.8 Å². The van der Waals surface area contributed by atoms with Crippen LogP contribution in [0.3, 0.4) is 0 Å². The third kappa shape index (κ3) is 5.70. The van der Waals surface area contributed by atoms with Gasteiger partial charge in [0.25, 0.3) is 0 Å². The predicted molar refractivity (Wildman–Crippen MR) is 119 cm³/mol. The van der Waals surface area contributed by atoms with E-state index < -0.39 is 0 Å². The molecule has 26 heavy (non-hydrogen) atoms. The number of aromatic nitrogens is 1. The smallest absolute Gasteiger partial charge is 0.191 e. The Kier molecular flexibility index (Phi) is 8.40. The van der Waals surface area contributed by atoms with E-state index in [1.54, 1.807) is 0 Å². The van der Waals surface area contributed by atoms with Crippen LogP contribution in [0, 0.1) is 5.92 Å². The van der Waals surface area contributed by atoms with Gasteiger partial charge in [-0.2, -0.15) is 0 Å². The van der Waals surface area contributed by atoms with Crippen molar-refractivity contribution in [3.63, 3.8) is 0 Å². The normalized spacial score (nSPS) is 20.2. The number of pyridine rings is 1. The largest absolute Gasteiger partial charge is 0.370 e. The van der Waals surface area contributed by atoms with Crippen LogP contribution in [0.15, 0.2) is 23.3 Å². The highest BCUT2D eigenvalue weighted by molar-refractivity contribution is 14.0. The molecule has 2 saturated heterocycles. The number of aliphatic imine (C=N–C) groups is 1. The van der Waals surface area contributed by atoms with E-state index in [1.165, 1.54) is 18.4 Å². The van der Waals surface area contributed by atoms with Crippen molar-refractivity contribution in [1.82, 2.24) is 14.8 Å². The van der Waals surface area contributed by atoms with Crippen molar-refractivity contribution in [2.24, 2.45) is 16.6 Å². The van der Waals surface area contributed by atoms with E-state index in [4.69, 9.17) is 5.73 Å². The summed E-state index contributed by atoms with van der Waals surface area (Å²) in [4.78, 5) is 16.2. The van der Waals surface area contributed by atoms with Crippen LogP contribution in [-0.4, -0.2) is 66.6 Å². The van der Waals surface area contributed by atoms with Gasteiger partial charge in [0.15, 0.2) is 5.96 Å². The first-order valence-corrected chi connectivity index (χ1v) is 9.62. The Balaban J connectivity index is 0.00000243. The molecule has 2 aliphatic heterocycles. The zero-order valence-electron chi connectivity index (χ0n) is 16.1. The van der Waals surface area contributed by atoms with E-state index in [2.05, 4.69) is 44.6 Å². The van der Waals surface area contributed by atoms with Gasteiger partial charge in [-0.25, -0.2) is 9.98 Å². The Labute approximate surface area is 174 Å². The molecule has 7 heteroatoms. The summed E-state index contributed by atoms with van der Waals surface area (Å²) in [5.74, 6) is 2.55. The van der Waals surface area contributed by atoms with E-state index in [1.807, 2.05) is 12.3 Å². The fourth-order valence-corrected chi connectivity index (χ4v) is 3.54. The second-order valence-corrected chi connectivity index (χ2v) is 7.29. The molecule has 2 fully saturated rings. The Hall–Kier alpha value is -1.09.